The molecule has 2 rings (SSSR count). The fourth-order valence-electron chi connectivity index (χ4n) is 1.68. The van der Waals surface area contributed by atoms with Crippen molar-refractivity contribution in [2.45, 2.75) is 6.92 Å². The number of benzene rings is 1. The van der Waals surface area contributed by atoms with Crippen molar-refractivity contribution in [2.24, 2.45) is 0 Å². The van der Waals surface area contributed by atoms with Gasteiger partial charge in [-0.3, -0.25) is 4.79 Å². The topological polar surface area (TPSA) is 42.2 Å². The Balaban J connectivity index is 2.40. The summed E-state index contributed by atoms with van der Waals surface area (Å²) in [5.41, 5.74) is 0.687. The largest absolute Gasteiger partial charge is 0.448 e. The second-order valence-electron chi connectivity index (χ2n) is 3.87. The molecule has 0 spiro atoms. The zero-order chi connectivity index (χ0) is 13.3. The average molecular weight is 268 g/mol. The lowest BCUT2D eigenvalue weighted by Crippen LogP contribution is -2.24. The molecule has 0 aliphatic rings. The number of carbonyl (C=O) groups excluding carboxylic acids is 1. The van der Waals surface area contributed by atoms with Gasteiger partial charge in [0.25, 0.3) is 5.91 Å². The van der Waals surface area contributed by atoms with Crippen LogP contribution in [-0.2, 0) is 0 Å². The molecule has 0 radical (unpaired) electrons. The van der Waals surface area contributed by atoms with Crippen LogP contribution < -0.4 is 5.32 Å². The van der Waals surface area contributed by atoms with Gasteiger partial charge >= 0.3 is 0 Å². The van der Waals surface area contributed by atoms with E-state index in [1.165, 1.54) is 6.07 Å². The number of hydrogen-bond donors (Lipinski definition) is 1. The maximum absolute atomic E-state index is 13.5. The summed E-state index contributed by atoms with van der Waals surface area (Å²) in [4.78, 5) is 11.8. The Labute approximate surface area is 108 Å². The summed E-state index contributed by atoms with van der Waals surface area (Å²) in [6, 6.07) is 4.56. The van der Waals surface area contributed by atoms with Gasteiger partial charge in [-0.05, 0) is 13.0 Å². The molecule has 0 saturated heterocycles. The number of rotatable bonds is 3. The Morgan fingerprint density at radius 2 is 2.28 bits per heavy atom. The quantitative estimate of drug-likeness (QED) is 0.926. The van der Waals surface area contributed by atoms with Gasteiger partial charge in [-0.2, -0.15) is 0 Å². The van der Waals surface area contributed by atoms with Crippen molar-refractivity contribution < 1.29 is 13.6 Å². The fourth-order valence-corrected chi connectivity index (χ4v) is 1.75. The minimum Gasteiger partial charge on any atom is -0.448 e. The van der Waals surface area contributed by atoms with Gasteiger partial charge in [-0.15, -0.1) is 0 Å². The summed E-state index contributed by atoms with van der Waals surface area (Å²) in [6.07, 6.45) is 0. The lowest BCUT2D eigenvalue weighted by Gasteiger charge is -2.01. The van der Waals surface area contributed by atoms with Crippen LogP contribution in [0.2, 0.25) is 0 Å². The molecule has 3 nitrogen and oxygen atoms in total. The molecule has 2 aromatic rings. The van der Waals surface area contributed by atoms with Crippen molar-refractivity contribution in [3.63, 3.8) is 0 Å². The van der Waals surface area contributed by atoms with E-state index in [-0.39, 0.29) is 17.9 Å². The molecular formula is C13H11ClFNO2. The standard InChI is InChI=1S/C13H11ClFNO2/c1-7(14)6-16-13(17)11-8(2)9-4-3-5-10(15)12(9)18-11/h3-5H,1,6H2,2H3,(H,16,17). The summed E-state index contributed by atoms with van der Waals surface area (Å²) in [5.74, 6) is -0.839. The van der Waals surface area contributed by atoms with Gasteiger partial charge in [-0.25, -0.2) is 4.39 Å². The highest BCUT2D eigenvalue weighted by Gasteiger charge is 2.19. The number of para-hydroxylation sites is 1. The number of amides is 1. The van der Waals surface area contributed by atoms with Crippen LogP contribution in [0.1, 0.15) is 16.1 Å². The SMILES string of the molecule is C=C(Cl)CNC(=O)c1oc2c(F)cccc2c1C. The number of hydrogen-bond acceptors (Lipinski definition) is 2. The van der Waals surface area contributed by atoms with Crippen LogP contribution in [0.3, 0.4) is 0 Å². The van der Waals surface area contributed by atoms with Crippen LogP contribution in [0.5, 0.6) is 0 Å². The summed E-state index contributed by atoms with van der Waals surface area (Å²) < 4.78 is 18.8. The fraction of sp³-hybridized carbons (Fsp3) is 0.154. The summed E-state index contributed by atoms with van der Waals surface area (Å²) in [6.45, 7) is 5.30. The first-order valence-corrected chi connectivity index (χ1v) is 5.67. The third-order valence-electron chi connectivity index (χ3n) is 2.56. The molecule has 0 atom stereocenters. The molecule has 0 saturated carbocycles. The smallest absolute Gasteiger partial charge is 0.287 e. The molecule has 0 unspecified atom stereocenters. The Bertz CT molecular complexity index is 633. The van der Waals surface area contributed by atoms with E-state index in [1.54, 1.807) is 19.1 Å². The summed E-state index contributed by atoms with van der Waals surface area (Å²) in [7, 11) is 0. The van der Waals surface area contributed by atoms with Crippen molar-refractivity contribution >= 4 is 28.5 Å². The van der Waals surface area contributed by atoms with Gasteiger partial charge in [0.15, 0.2) is 17.2 Å². The van der Waals surface area contributed by atoms with Gasteiger partial charge in [0.1, 0.15) is 0 Å². The molecule has 0 bridgehead atoms. The second kappa shape index (κ2) is 4.82. The molecule has 18 heavy (non-hydrogen) atoms. The van der Waals surface area contributed by atoms with Crippen LogP contribution in [0.25, 0.3) is 11.0 Å². The van der Waals surface area contributed by atoms with Crippen molar-refractivity contribution in [1.82, 2.24) is 5.32 Å². The van der Waals surface area contributed by atoms with Crippen LogP contribution in [0.4, 0.5) is 4.39 Å². The minimum absolute atomic E-state index is 0.0878. The number of aryl methyl sites for hydroxylation is 1. The zero-order valence-corrected chi connectivity index (χ0v) is 10.5. The highest BCUT2D eigenvalue weighted by molar-refractivity contribution is 6.29. The van der Waals surface area contributed by atoms with Crippen LogP contribution in [0.15, 0.2) is 34.2 Å². The molecule has 1 aromatic heterocycles. The third kappa shape index (κ3) is 2.24. The number of fused-ring (bicyclic) bond motifs is 1. The first-order chi connectivity index (χ1) is 8.50. The van der Waals surface area contributed by atoms with Crippen LogP contribution in [0, 0.1) is 12.7 Å². The first kappa shape index (κ1) is 12.6. The molecule has 1 aromatic carbocycles. The van der Waals surface area contributed by atoms with Crippen LogP contribution in [-0.4, -0.2) is 12.5 Å². The Morgan fingerprint density at radius 1 is 1.56 bits per heavy atom. The Hall–Kier alpha value is -1.81. The van der Waals surface area contributed by atoms with Crippen molar-refractivity contribution in [1.29, 1.82) is 0 Å². The first-order valence-electron chi connectivity index (χ1n) is 5.30. The van der Waals surface area contributed by atoms with Crippen molar-refractivity contribution in [3.05, 3.63) is 47.0 Å². The monoisotopic (exact) mass is 267 g/mol. The Morgan fingerprint density at radius 3 is 2.89 bits per heavy atom. The molecular weight excluding hydrogens is 257 g/mol. The maximum Gasteiger partial charge on any atom is 0.287 e. The van der Waals surface area contributed by atoms with E-state index in [0.29, 0.717) is 16.0 Å². The predicted molar refractivity (Wildman–Crippen MR) is 68.2 cm³/mol. The van der Waals surface area contributed by atoms with Crippen molar-refractivity contribution in [3.8, 4) is 0 Å². The number of nitrogens with one attached hydrogen (secondary N) is 1. The third-order valence-corrected chi connectivity index (χ3v) is 2.70. The Kier molecular flexibility index (Phi) is 3.39. The molecule has 1 N–H and O–H groups in total. The van der Waals surface area contributed by atoms with E-state index < -0.39 is 11.7 Å². The molecule has 1 heterocycles. The van der Waals surface area contributed by atoms with E-state index in [9.17, 15) is 9.18 Å². The summed E-state index contributed by atoms with van der Waals surface area (Å²) >= 11 is 5.55. The lowest BCUT2D eigenvalue weighted by molar-refractivity contribution is 0.0931. The van der Waals surface area contributed by atoms with Gasteiger partial charge < -0.3 is 9.73 Å². The molecule has 0 fully saturated rings. The number of carbonyl (C=O) groups is 1. The molecule has 5 heteroatoms. The van der Waals surface area contributed by atoms with E-state index in [4.69, 9.17) is 16.0 Å². The molecule has 0 aliphatic heterocycles. The lowest BCUT2D eigenvalue weighted by atomic mass is 10.1. The van der Waals surface area contributed by atoms with Gasteiger partial charge in [0.2, 0.25) is 0 Å². The molecule has 1 amide bonds. The maximum atomic E-state index is 13.5. The normalized spacial score (nSPS) is 10.6. The minimum atomic E-state index is -0.489. The van der Waals surface area contributed by atoms with Gasteiger partial charge in [-0.1, -0.05) is 30.3 Å². The van der Waals surface area contributed by atoms with Crippen molar-refractivity contribution in [2.75, 3.05) is 6.54 Å². The highest BCUT2D eigenvalue weighted by atomic mass is 35.5. The molecule has 94 valence electrons. The van der Waals surface area contributed by atoms with E-state index in [0.717, 1.165) is 0 Å². The number of furan rings is 1. The molecule has 0 aliphatic carbocycles. The second-order valence-corrected chi connectivity index (χ2v) is 4.41. The average Bonchev–Trinajstić information content (AvgIpc) is 2.66. The predicted octanol–water partition coefficient (Wildman–Crippen LogP) is 3.36. The van der Waals surface area contributed by atoms with Gasteiger partial charge in [0, 0.05) is 16.0 Å². The highest BCUT2D eigenvalue weighted by Crippen LogP contribution is 2.27. The number of halogens is 2. The van der Waals surface area contributed by atoms with Gasteiger partial charge in [0.05, 0.1) is 6.54 Å². The summed E-state index contributed by atoms with van der Waals surface area (Å²) in [5, 5.41) is 3.43. The van der Waals surface area contributed by atoms with E-state index >= 15 is 0 Å². The van der Waals surface area contributed by atoms with Crippen LogP contribution >= 0.6 is 11.6 Å². The zero-order valence-electron chi connectivity index (χ0n) is 9.72. The van der Waals surface area contributed by atoms with E-state index in [2.05, 4.69) is 11.9 Å². The van der Waals surface area contributed by atoms with E-state index in [1.807, 2.05) is 0 Å².